The smallest absolute Gasteiger partial charge is 0.0360 e. The van der Waals surface area contributed by atoms with Crippen LogP contribution in [0, 0.1) is 6.92 Å². The molecule has 2 rings (SSSR count). The van der Waals surface area contributed by atoms with Gasteiger partial charge in [-0.3, -0.25) is 0 Å². The first kappa shape index (κ1) is 9.49. The van der Waals surface area contributed by atoms with E-state index >= 15 is 0 Å². The van der Waals surface area contributed by atoms with Gasteiger partial charge >= 0.3 is 0 Å². The Morgan fingerprint density at radius 2 is 2.29 bits per heavy atom. The Bertz CT molecular complexity index is 376. The van der Waals surface area contributed by atoms with Gasteiger partial charge in [0, 0.05) is 29.9 Å². The molecule has 2 aromatic heterocycles. The van der Waals surface area contributed by atoms with E-state index in [1.807, 2.05) is 23.6 Å². The number of aryl methyl sites for hydroxylation is 1. The van der Waals surface area contributed by atoms with Gasteiger partial charge in [0.05, 0.1) is 0 Å². The lowest BCUT2D eigenvalue weighted by molar-refractivity contribution is 0.687. The van der Waals surface area contributed by atoms with Gasteiger partial charge in [0.15, 0.2) is 0 Å². The Labute approximate surface area is 88.0 Å². The van der Waals surface area contributed by atoms with Gasteiger partial charge in [-0.2, -0.15) is 0 Å². The van der Waals surface area contributed by atoms with Crippen molar-refractivity contribution in [2.75, 3.05) is 0 Å². The summed E-state index contributed by atoms with van der Waals surface area (Å²) < 4.78 is 0. The maximum absolute atomic E-state index is 3.41. The fraction of sp³-hybridized carbons (Fsp3) is 0.273. The van der Waals surface area contributed by atoms with Crippen LogP contribution in [0.2, 0.25) is 0 Å². The number of aromatic nitrogens is 1. The third kappa shape index (κ3) is 2.25. The molecule has 2 aromatic rings. The summed E-state index contributed by atoms with van der Waals surface area (Å²) in [5.41, 5.74) is 2.62. The highest BCUT2D eigenvalue weighted by Crippen LogP contribution is 2.14. The van der Waals surface area contributed by atoms with Gasteiger partial charge in [0.25, 0.3) is 0 Å². The summed E-state index contributed by atoms with van der Waals surface area (Å²) in [5.74, 6) is 0. The van der Waals surface area contributed by atoms with Crippen LogP contribution in [-0.4, -0.2) is 4.98 Å². The monoisotopic (exact) mass is 206 g/mol. The summed E-state index contributed by atoms with van der Waals surface area (Å²) in [6.07, 6.45) is 1.95. The van der Waals surface area contributed by atoms with E-state index in [1.54, 1.807) is 0 Å². The Morgan fingerprint density at radius 1 is 1.36 bits per heavy atom. The molecule has 0 radical (unpaired) electrons. The molecule has 0 unspecified atom stereocenters. The number of rotatable bonds is 4. The average Bonchev–Trinajstić information content (AvgIpc) is 2.78. The van der Waals surface area contributed by atoms with Crippen molar-refractivity contribution in [1.82, 2.24) is 10.3 Å². The van der Waals surface area contributed by atoms with Gasteiger partial charge in [-0.1, -0.05) is 0 Å². The van der Waals surface area contributed by atoms with Gasteiger partial charge in [-0.05, 0) is 36.1 Å². The standard InChI is InChI=1S/C11H14N2S/c1-9-4-6-14-11(9)8-12-7-10-3-2-5-13-10/h2-6,12-13H,7-8H2,1H3. The number of hydrogen-bond donors (Lipinski definition) is 2. The molecule has 0 amide bonds. The molecule has 2 heterocycles. The lowest BCUT2D eigenvalue weighted by atomic mass is 10.3. The second-order valence-corrected chi connectivity index (χ2v) is 4.33. The first-order chi connectivity index (χ1) is 6.86. The molecule has 0 fully saturated rings. The molecule has 0 aliphatic carbocycles. The summed E-state index contributed by atoms with van der Waals surface area (Å²) >= 11 is 1.81. The Balaban J connectivity index is 1.81. The van der Waals surface area contributed by atoms with Crippen LogP contribution in [0.25, 0.3) is 0 Å². The molecule has 0 aliphatic heterocycles. The number of H-pyrrole nitrogens is 1. The summed E-state index contributed by atoms with van der Waals surface area (Å²) in [6, 6.07) is 6.28. The molecule has 0 spiro atoms. The fourth-order valence-corrected chi connectivity index (χ4v) is 2.25. The van der Waals surface area contributed by atoms with Crippen molar-refractivity contribution in [3.8, 4) is 0 Å². The largest absolute Gasteiger partial charge is 0.364 e. The third-order valence-corrected chi connectivity index (χ3v) is 3.25. The zero-order valence-corrected chi connectivity index (χ0v) is 9.03. The number of nitrogens with one attached hydrogen (secondary N) is 2. The molecular weight excluding hydrogens is 192 g/mol. The van der Waals surface area contributed by atoms with Crippen molar-refractivity contribution in [2.45, 2.75) is 20.0 Å². The van der Waals surface area contributed by atoms with E-state index in [1.165, 1.54) is 16.1 Å². The van der Waals surface area contributed by atoms with E-state index in [9.17, 15) is 0 Å². The van der Waals surface area contributed by atoms with Crippen molar-refractivity contribution < 1.29 is 0 Å². The highest BCUT2D eigenvalue weighted by molar-refractivity contribution is 7.10. The number of thiophene rings is 1. The quantitative estimate of drug-likeness (QED) is 0.791. The summed E-state index contributed by atoms with van der Waals surface area (Å²) in [4.78, 5) is 4.60. The van der Waals surface area contributed by atoms with Crippen LogP contribution in [0.5, 0.6) is 0 Å². The van der Waals surface area contributed by atoms with E-state index in [4.69, 9.17) is 0 Å². The highest BCUT2D eigenvalue weighted by Gasteiger charge is 1.98. The van der Waals surface area contributed by atoms with Gasteiger partial charge in [-0.15, -0.1) is 11.3 Å². The van der Waals surface area contributed by atoms with Crippen LogP contribution >= 0.6 is 11.3 Å². The predicted molar refractivity (Wildman–Crippen MR) is 60.4 cm³/mol. The summed E-state index contributed by atoms with van der Waals surface area (Å²) in [7, 11) is 0. The van der Waals surface area contributed by atoms with Crippen LogP contribution < -0.4 is 5.32 Å². The molecule has 2 N–H and O–H groups in total. The zero-order valence-electron chi connectivity index (χ0n) is 8.21. The van der Waals surface area contributed by atoms with E-state index < -0.39 is 0 Å². The minimum atomic E-state index is 0.907. The van der Waals surface area contributed by atoms with Crippen LogP contribution in [0.4, 0.5) is 0 Å². The van der Waals surface area contributed by atoms with Crippen molar-refractivity contribution in [3.05, 3.63) is 45.9 Å². The maximum Gasteiger partial charge on any atom is 0.0360 e. The highest BCUT2D eigenvalue weighted by atomic mass is 32.1. The Morgan fingerprint density at radius 3 is 2.93 bits per heavy atom. The van der Waals surface area contributed by atoms with Crippen LogP contribution in [0.3, 0.4) is 0 Å². The molecule has 0 bridgehead atoms. The first-order valence-electron chi connectivity index (χ1n) is 4.72. The maximum atomic E-state index is 3.41. The van der Waals surface area contributed by atoms with E-state index in [0.29, 0.717) is 0 Å². The molecule has 14 heavy (non-hydrogen) atoms. The molecule has 0 saturated carbocycles. The molecule has 74 valence electrons. The molecule has 3 heteroatoms. The zero-order chi connectivity index (χ0) is 9.80. The minimum absolute atomic E-state index is 0.907. The lowest BCUT2D eigenvalue weighted by Crippen LogP contribution is -2.12. The SMILES string of the molecule is Cc1ccsc1CNCc1ccc[nH]1. The van der Waals surface area contributed by atoms with Crippen LogP contribution in [-0.2, 0) is 13.1 Å². The molecule has 0 aliphatic rings. The minimum Gasteiger partial charge on any atom is -0.364 e. The van der Waals surface area contributed by atoms with Crippen molar-refractivity contribution in [3.63, 3.8) is 0 Å². The number of aromatic amines is 1. The lowest BCUT2D eigenvalue weighted by Gasteiger charge is -2.02. The molecule has 0 saturated heterocycles. The molecule has 0 aromatic carbocycles. The first-order valence-corrected chi connectivity index (χ1v) is 5.60. The second-order valence-electron chi connectivity index (χ2n) is 3.33. The Kier molecular flexibility index (Phi) is 3.01. The van der Waals surface area contributed by atoms with Crippen molar-refractivity contribution >= 4 is 11.3 Å². The molecular formula is C11H14N2S. The van der Waals surface area contributed by atoms with Gasteiger partial charge in [0.1, 0.15) is 0 Å². The van der Waals surface area contributed by atoms with Crippen LogP contribution in [0.15, 0.2) is 29.8 Å². The van der Waals surface area contributed by atoms with E-state index in [2.05, 4.69) is 34.7 Å². The summed E-state index contributed by atoms with van der Waals surface area (Å²) in [5, 5.41) is 5.55. The second kappa shape index (κ2) is 4.44. The van der Waals surface area contributed by atoms with Gasteiger partial charge < -0.3 is 10.3 Å². The van der Waals surface area contributed by atoms with E-state index in [-0.39, 0.29) is 0 Å². The fourth-order valence-electron chi connectivity index (χ4n) is 1.37. The third-order valence-electron chi connectivity index (χ3n) is 2.23. The summed E-state index contributed by atoms with van der Waals surface area (Å²) in [6.45, 7) is 4.02. The molecule has 0 atom stereocenters. The van der Waals surface area contributed by atoms with Crippen molar-refractivity contribution in [1.29, 1.82) is 0 Å². The topological polar surface area (TPSA) is 27.8 Å². The normalized spacial score (nSPS) is 10.6. The van der Waals surface area contributed by atoms with Crippen LogP contribution in [0.1, 0.15) is 16.1 Å². The van der Waals surface area contributed by atoms with Gasteiger partial charge in [-0.25, -0.2) is 0 Å². The van der Waals surface area contributed by atoms with Crippen molar-refractivity contribution in [2.24, 2.45) is 0 Å². The van der Waals surface area contributed by atoms with E-state index in [0.717, 1.165) is 13.1 Å². The van der Waals surface area contributed by atoms with Gasteiger partial charge in [0.2, 0.25) is 0 Å². The predicted octanol–water partition coefficient (Wildman–Crippen LogP) is 2.67. The average molecular weight is 206 g/mol. The number of hydrogen-bond acceptors (Lipinski definition) is 2. The molecule has 2 nitrogen and oxygen atoms in total. The Hall–Kier alpha value is -1.06.